The van der Waals surface area contributed by atoms with Gasteiger partial charge >= 0.3 is 0 Å². The van der Waals surface area contributed by atoms with E-state index in [1.54, 1.807) is 6.20 Å². The maximum atomic E-state index is 4.70. The third kappa shape index (κ3) is 4.35. The van der Waals surface area contributed by atoms with Gasteiger partial charge in [0.1, 0.15) is 0 Å². The van der Waals surface area contributed by atoms with Crippen LogP contribution in [0.1, 0.15) is 32.8 Å². The fourth-order valence-electron chi connectivity index (χ4n) is 2.10. The van der Waals surface area contributed by atoms with Crippen LogP contribution in [0.5, 0.6) is 0 Å². The Hall–Kier alpha value is -2.30. The predicted octanol–water partition coefficient (Wildman–Crippen LogP) is 2.73. The van der Waals surface area contributed by atoms with Crippen LogP contribution in [0.25, 0.3) is 5.69 Å². The van der Waals surface area contributed by atoms with Gasteiger partial charge in [0.15, 0.2) is 5.96 Å². The number of nitrogens with one attached hydrogen (secondary N) is 2. The fourth-order valence-corrected chi connectivity index (χ4v) is 2.10. The lowest BCUT2D eigenvalue weighted by Gasteiger charge is -2.16. The Balaban J connectivity index is 2.16. The number of hydrogen-bond donors (Lipinski definition) is 2. The molecule has 0 aliphatic carbocycles. The molecule has 1 heterocycles. The Kier molecular flexibility index (Phi) is 6.01. The van der Waals surface area contributed by atoms with Crippen molar-refractivity contribution in [2.24, 2.45) is 4.99 Å². The highest BCUT2D eigenvalue weighted by atomic mass is 15.3. The Labute approximate surface area is 132 Å². The summed E-state index contributed by atoms with van der Waals surface area (Å²) in [5.74, 6) is 0.854. The molecule has 0 amide bonds. The van der Waals surface area contributed by atoms with E-state index in [2.05, 4.69) is 48.6 Å². The van der Waals surface area contributed by atoms with Gasteiger partial charge in [-0.2, -0.15) is 5.10 Å². The second-order valence-corrected chi connectivity index (χ2v) is 5.23. The van der Waals surface area contributed by atoms with Crippen LogP contribution < -0.4 is 10.6 Å². The molecule has 5 heteroatoms. The first-order chi connectivity index (χ1) is 10.7. The van der Waals surface area contributed by atoms with Crippen LogP contribution in [0, 0.1) is 0 Å². The van der Waals surface area contributed by atoms with E-state index in [1.807, 2.05) is 29.1 Å². The minimum atomic E-state index is 0.402. The Morgan fingerprint density at radius 1 is 1.27 bits per heavy atom. The van der Waals surface area contributed by atoms with Gasteiger partial charge in [0.25, 0.3) is 0 Å². The van der Waals surface area contributed by atoms with E-state index < -0.39 is 0 Å². The first kappa shape index (κ1) is 16.1. The van der Waals surface area contributed by atoms with Crippen LogP contribution in [0.4, 0.5) is 0 Å². The van der Waals surface area contributed by atoms with Crippen molar-refractivity contribution in [2.75, 3.05) is 6.54 Å². The van der Waals surface area contributed by atoms with Gasteiger partial charge in [0, 0.05) is 25.0 Å². The summed E-state index contributed by atoms with van der Waals surface area (Å²) in [6.45, 7) is 7.86. The molecule has 0 aliphatic rings. The lowest BCUT2D eigenvalue weighted by atomic mass is 10.2. The molecule has 0 saturated carbocycles. The van der Waals surface area contributed by atoms with E-state index in [4.69, 9.17) is 4.99 Å². The van der Waals surface area contributed by atoms with Gasteiger partial charge in [0.05, 0.1) is 12.2 Å². The van der Waals surface area contributed by atoms with E-state index in [1.165, 1.54) is 0 Å². The molecule has 0 aliphatic heterocycles. The van der Waals surface area contributed by atoms with Crippen LogP contribution >= 0.6 is 0 Å². The summed E-state index contributed by atoms with van der Waals surface area (Å²) in [5, 5.41) is 11.0. The molecule has 0 radical (unpaired) electrons. The van der Waals surface area contributed by atoms with Crippen molar-refractivity contribution in [3.63, 3.8) is 0 Å². The van der Waals surface area contributed by atoms with Crippen molar-refractivity contribution in [1.29, 1.82) is 0 Å². The minimum absolute atomic E-state index is 0.402. The van der Waals surface area contributed by atoms with Gasteiger partial charge in [0.2, 0.25) is 0 Å². The monoisotopic (exact) mass is 299 g/mol. The molecule has 0 fully saturated rings. The number of aliphatic imine (C=N–C) groups is 1. The highest BCUT2D eigenvalue weighted by Crippen LogP contribution is 2.14. The SMILES string of the molecule is CCNC(=NCc1ccccc1-n1cccn1)NC(C)CC. The first-order valence-electron chi connectivity index (χ1n) is 7.87. The molecule has 1 aromatic heterocycles. The summed E-state index contributed by atoms with van der Waals surface area (Å²) >= 11 is 0. The number of aromatic nitrogens is 2. The zero-order valence-electron chi connectivity index (χ0n) is 13.6. The van der Waals surface area contributed by atoms with Crippen molar-refractivity contribution in [3.8, 4) is 5.69 Å². The molecule has 1 unspecified atom stereocenters. The van der Waals surface area contributed by atoms with Gasteiger partial charge < -0.3 is 10.6 Å². The van der Waals surface area contributed by atoms with Crippen LogP contribution in [0.3, 0.4) is 0 Å². The molecule has 0 saturated heterocycles. The van der Waals surface area contributed by atoms with Crippen LogP contribution in [-0.4, -0.2) is 28.3 Å². The predicted molar refractivity (Wildman–Crippen MR) is 91.3 cm³/mol. The normalized spacial score (nSPS) is 13.0. The Bertz CT molecular complexity index is 589. The molecular weight excluding hydrogens is 274 g/mol. The Morgan fingerprint density at radius 3 is 2.77 bits per heavy atom. The summed E-state index contributed by atoms with van der Waals surface area (Å²) in [6.07, 6.45) is 4.80. The lowest BCUT2D eigenvalue weighted by molar-refractivity contribution is 0.624. The summed E-state index contributed by atoms with van der Waals surface area (Å²) in [5.41, 5.74) is 2.21. The van der Waals surface area contributed by atoms with Crippen molar-refractivity contribution >= 4 is 5.96 Å². The summed E-state index contributed by atoms with van der Waals surface area (Å²) in [6, 6.07) is 10.5. The molecule has 2 rings (SSSR count). The molecule has 1 aromatic carbocycles. The number of para-hydroxylation sites is 1. The van der Waals surface area contributed by atoms with E-state index >= 15 is 0 Å². The van der Waals surface area contributed by atoms with Gasteiger partial charge in [-0.25, -0.2) is 9.67 Å². The Morgan fingerprint density at radius 2 is 2.09 bits per heavy atom. The topological polar surface area (TPSA) is 54.2 Å². The average molecular weight is 299 g/mol. The first-order valence-corrected chi connectivity index (χ1v) is 7.87. The molecule has 2 aromatic rings. The van der Waals surface area contributed by atoms with Crippen LogP contribution in [-0.2, 0) is 6.54 Å². The third-order valence-electron chi connectivity index (χ3n) is 3.49. The zero-order valence-corrected chi connectivity index (χ0v) is 13.6. The molecular formula is C17H25N5. The van der Waals surface area contributed by atoms with Crippen LogP contribution in [0.15, 0.2) is 47.7 Å². The highest BCUT2D eigenvalue weighted by Gasteiger charge is 2.06. The summed E-state index contributed by atoms with van der Waals surface area (Å²) < 4.78 is 1.87. The number of benzene rings is 1. The fraction of sp³-hybridized carbons (Fsp3) is 0.412. The van der Waals surface area contributed by atoms with Gasteiger partial charge in [-0.1, -0.05) is 25.1 Å². The van der Waals surface area contributed by atoms with Gasteiger partial charge in [-0.3, -0.25) is 0 Å². The number of nitrogens with zero attached hydrogens (tertiary/aromatic N) is 3. The molecule has 0 bridgehead atoms. The van der Waals surface area contributed by atoms with Crippen molar-refractivity contribution < 1.29 is 0 Å². The quantitative estimate of drug-likeness (QED) is 0.637. The van der Waals surface area contributed by atoms with E-state index in [-0.39, 0.29) is 0 Å². The summed E-state index contributed by atoms with van der Waals surface area (Å²) in [7, 11) is 0. The number of rotatable bonds is 6. The molecule has 5 nitrogen and oxygen atoms in total. The zero-order chi connectivity index (χ0) is 15.8. The molecule has 22 heavy (non-hydrogen) atoms. The lowest BCUT2D eigenvalue weighted by Crippen LogP contribution is -2.41. The maximum Gasteiger partial charge on any atom is 0.191 e. The smallest absolute Gasteiger partial charge is 0.191 e. The van der Waals surface area contributed by atoms with Gasteiger partial charge in [-0.15, -0.1) is 0 Å². The third-order valence-corrected chi connectivity index (χ3v) is 3.49. The largest absolute Gasteiger partial charge is 0.357 e. The maximum absolute atomic E-state index is 4.70. The second kappa shape index (κ2) is 8.22. The second-order valence-electron chi connectivity index (χ2n) is 5.23. The van der Waals surface area contributed by atoms with Crippen molar-refractivity contribution in [2.45, 2.75) is 39.8 Å². The van der Waals surface area contributed by atoms with Crippen molar-refractivity contribution in [3.05, 3.63) is 48.3 Å². The molecule has 1 atom stereocenters. The molecule has 118 valence electrons. The van der Waals surface area contributed by atoms with E-state index in [9.17, 15) is 0 Å². The molecule has 0 spiro atoms. The number of guanidine groups is 1. The minimum Gasteiger partial charge on any atom is -0.357 e. The highest BCUT2D eigenvalue weighted by molar-refractivity contribution is 5.80. The molecule has 2 N–H and O–H groups in total. The summed E-state index contributed by atoms with van der Waals surface area (Å²) in [4.78, 5) is 4.70. The van der Waals surface area contributed by atoms with Gasteiger partial charge in [-0.05, 0) is 38.0 Å². The van der Waals surface area contributed by atoms with Crippen LogP contribution in [0.2, 0.25) is 0 Å². The number of hydrogen-bond acceptors (Lipinski definition) is 2. The average Bonchev–Trinajstić information content (AvgIpc) is 3.07. The van der Waals surface area contributed by atoms with E-state index in [0.717, 1.165) is 30.2 Å². The van der Waals surface area contributed by atoms with E-state index in [0.29, 0.717) is 12.6 Å². The standard InChI is InChI=1S/C17H25N5/c1-4-14(3)21-17(18-5-2)19-13-15-9-6-7-10-16(15)22-12-8-11-20-22/h6-12,14H,4-5,13H2,1-3H3,(H2,18,19,21). The van der Waals surface area contributed by atoms with Crippen molar-refractivity contribution in [1.82, 2.24) is 20.4 Å².